The smallest absolute Gasteiger partial charge is 0.198 e. The van der Waals surface area contributed by atoms with Crippen LogP contribution in [0.1, 0.15) is 134 Å². The fourth-order valence-electron chi connectivity index (χ4n) is 13.2. The topological polar surface area (TPSA) is 55.8 Å². The summed E-state index contributed by atoms with van der Waals surface area (Å²) in [5.41, 5.74) is 15.9. The van der Waals surface area contributed by atoms with Gasteiger partial charge in [0.25, 0.3) is 0 Å². The first-order valence-corrected chi connectivity index (χ1v) is 25.9. The van der Waals surface area contributed by atoms with Gasteiger partial charge in [0.05, 0.1) is 34.6 Å². The minimum atomic E-state index is -0.173. The Morgan fingerprint density at radius 1 is 0.441 bits per heavy atom. The highest BCUT2D eigenvalue weighted by Gasteiger charge is 2.48. The number of aromatic nitrogens is 2. The molecule has 2 saturated carbocycles. The summed E-state index contributed by atoms with van der Waals surface area (Å²) >= 11 is 0. The van der Waals surface area contributed by atoms with Gasteiger partial charge in [0.15, 0.2) is 5.78 Å². The van der Waals surface area contributed by atoms with Gasteiger partial charge < -0.3 is 19.6 Å². The number of ketones is 1. The van der Waals surface area contributed by atoms with Gasteiger partial charge in [-0.15, -0.1) is 0 Å². The van der Waals surface area contributed by atoms with Gasteiger partial charge in [-0.1, -0.05) is 161 Å². The van der Waals surface area contributed by atoms with Gasteiger partial charge >= 0.3 is 0 Å². The Morgan fingerprint density at radius 2 is 0.824 bits per heavy atom. The molecule has 4 aliphatic heterocycles. The highest BCUT2D eigenvalue weighted by molar-refractivity contribution is 6.44. The Bertz CT molecular complexity index is 2640. The Labute approximate surface area is 403 Å². The molecule has 4 aromatic carbocycles. The molecule has 6 heterocycles. The molecule has 2 atom stereocenters. The number of anilines is 2. The van der Waals surface area contributed by atoms with Gasteiger partial charge in [0.2, 0.25) is 0 Å². The number of carbonyl (C=O) groups excluding carboxylic acids is 1. The molecular weight excluding hydrogens is 833 g/mol. The predicted molar refractivity (Wildman–Crippen MR) is 275 cm³/mol. The molecule has 2 aliphatic carbocycles. The number of nitrogens with zero attached hydrogens (tertiary/aromatic N) is 6. The fraction of sp³-hybridized carbons (Fsp3) is 0.361. The van der Waals surface area contributed by atoms with Gasteiger partial charge in [-0.2, -0.15) is 0 Å². The minimum Gasteiger partial charge on any atom is -0.368 e. The molecule has 0 bridgehead atoms. The van der Waals surface area contributed by atoms with Crippen LogP contribution in [0.2, 0.25) is 0 Å². The molecule has 344 valence electrons. The van der Waals surface area contributed by atoms with Crippen molar-refractivity contribution in [3.8, 4) is 0 Å². The van der Waals surface area contributed by atoms with E-state index in [1.807, 2.05) is 24.8 Å². The largest absolute Gasteiger partial charge is 0.368 e. The van der Waals surface area contributed by atoms with Crippen molar-refractivity contribution >= 4 is 28.3 Å². The molecule has 7 heteroatoms. The average molecular weight is 897 g/mol. The van der Waals surface area contributed by atoms with Crippen molar-refractivity contribution in [3.05, 3.63) is 202 Å². The maximum Gasteiger partial charge on any atom is 0.198 e. The number of allylic oxidation sites excluding steroid dienone is 2. The summed E-state index contributed by atoms with van der Waals surface area (Å²) in [6.45, 7) is 3.15. The third kappa shape index (κ3) is 7.82. The number of Topliss-reactive ketones (excluding diaryl/α,β-unsaturated/α-hetero) is 1. The van der Waals surface area contributed by atoms with E-state index in [1.165, 1.54) is 84.7 Å². The molecule has 6 aromatic rings. The lowest BCUT2D eigenvalue weighted by Crippen LogP contribution is -2.48. The number of hydrogen-bond acceptors (Lipinski definition) is 7. The van der Waals surface area contributed by atoms with Crippen molar-refractivity contribution in [2.45, 2.75) is 127 Å². The van der Waals surface area contributed by atoms with E-state index in [9.17, 15) is 0 Å². The van der Waals surface area contributed by atoms with Crippen LogP contribution < -0.4 is 9.80 Å². The van der Waals surface area contributed by atoms with E-state index >= 15 is 4.79 Å². The van der Waals surface area contributed by atoms with Crippen LogP contribution in [0.5, 0.6) is 0 Å². The molecular formula is C61H64N6O. The molecule has 0 saturated heterocycles. The van der Waals surface area contributed by atoms with E-state index < -0.39 is 0 Å². The van der Waals surface area contributed by atoms with Gasteiger partial charge in [0.1, 0.15) is 0 Å². The van der Waals surface area contributed by atoms with Crippen LogP contribution in [0.15, 0.2) is 158 Å². The fourth-order valence-corrected chi connectivity index (χ4v) is 13.2. The normalized spacial score (nSPS) is 21.4. The summed E-state index contributed by atoms with van der Waals surface area (Å²) in [6.07, 6.45) is 24.3. The van der Waals surface area contributed by atoms with Crippen LogP contribution in [0.4, 0.5) is 11.4 Å². The lowest BCUT2D eigenvalue weighted by atomic mass is 9.78. The van der Waals surface area contributed by atoms with Crippen molar-refractivity contribution in [2.24, 2.45) is 0 Å². The maximum absolute atomic E-state index is 17.4. The van der Waals surface area contributed by atoms with Crippen molar-refractivity contribution < 1.29 is 4.79 Å². The highest BCUT2D eigenvalue weighted by Crippen LogP contribution is 2.55. The molecule has 0 spiro atoms. The summed E-state index contributed by atoms with van der Waals surface area (Å²) in [6, 6.07) is 44.9. The Morgan fingerprint density at radius 3 is 1.24 bits per heavy atom. The van der Waals surface area contributed by atoms with Gasteiger partial charge in [-0.25, -0.2) is 0 Å². The second-order valence-corrected chi connectivity index (χ2v) is 20.2. The maximum atomic E-state index is 17.4. The van der Waals surface area contributed by atoms with Crippen molar-refractivity contribution in [2.75, 3.05) is 22.9 Å². The van der Waals surface area contributed by atoms with E-state index in [0.29, 0.717) is 12.1 Å². The Balaban J connectivity index is 1.16. The number of fused-ring (bicyclic) bond motifs is 4. The Hall–Kier alpha value is -6.47. The molecule has 0 N–H and O–H groups in total. The van der Waals surface area contributed by atoms with E-state index in [-0.39, 0.29) is 17.9 Å². The summed E-state index contributed by atoms with van der Waals surface area (Å²) in [4.78, 5) is 38.0. The highest BCUT2D eigenvalue weighted by atomic mass is 16.1. The summed E-state index contributed by atoms with van der Waals surface area (Å²) in [7, 11) is 0. The second kappa shape index (κ2) is 18.9. The number of rotatable bonds is 8. The number of benzene rings is 4. The Kier molecular flexibility index (Phi) is 11.9. The zero-order valence-electron chi connectivity index (χ0n) is 39.5. The van der Waals surface area contributed by atoms with Crippen LogP contribution in [0, 0.1) is 0 Å². The van der Waals surface area contributed by atoms with Gasteiger partial charge in [0, 0.05) is 85.6 Å². The summed E-state index contributed by atoms with van der Waals surface area (Å²) in [5, 5.41) is 0. The van der Waals surface area contributed by atoms with Crippen LogP contribution in [0.25, 0.3) is 11.1 Å². The zero-order chi connectivity index (χ0) is 45.4. The lowest BCUT2D eigenvalue weighted by Gasteiger charge is -2.51. The quantitative estimate of drug-likeness (QED) is 0.141. The third-order valence-electron chi connectivity index (χ3n) is 16.3. The first-order chi connectivity index (χ1) is 33.7. The lowest BCUT2D eigenvalue weighted by molar-refractivity contribution is -0.109. The molecule has 68 heavy (non-hydrogen) atoms. The summed E-state index contributed by atoms with van der Waals surface area (Å²) < 4.78 is 0. The molecule has 0 radical (unpaired) electrons. The number of pyridine rings is 2. The molecule has 6 aliphatic rings. The van der Waals surface area contributed by atoms with Crippen LogP contribution >= 0.6 is 0 Å². The zero-order valence-corrected chi connectivity index (χ0v) is 39.5. The van der Waals surface area contributed by atoms with Crippen LogP contribution in [-0.4, -0.2) is 50.7 Å². The van der Waals surface area contributed by atoms with Gasteiger partial charge in [-0.3, -0.25) is 14.8 Å². The second-order valence-electron chi connectivity index (χ2n) is 20.2. The van der Waals surface area contributed by atoms with Crippen molar-refractivity contribution in [1.29, 1.82) is 0 Å². The molecule has 0 amide bonds. The third-order valence-corrected chi connectivity index (χ3v) is 16.3. The first-order valence-electron chi connectivity index (χ1n) is 25.9. The van der Waals surface area contributed by atoms with E-state index in [1.54, 1.807) is 0 Å². The molecule has 2 fully saturated rings. The van der Waals surface area contributed by atoms with Crippen molar-refractivity contribution in [3.63, 3.8) is 0 Å². The van der Waals surface area contributed by atoms with Crippen molar-refractivity contribution in [1.82, 2.24) is 19.8 Å². The number of carbonyl (C=O) groups is 1. The van der Waals surface area contributed by atoms with Crippen LogP contribution in [0.3, 0.4) is 0 Å². The van der Waals surface area contributed by atoms with Crippen LogP contribution in [-0.2, 0) is 30.7 Å². The monoisotopic (exact) mass is 897 g/mol. The first kappa shape index (κ1) is 42.9. The van der Waals surface area contributed by atoms with Gasteiger partial charge in [-0.05, 0) is 84.0 Å². The molecule has 7 nitrogen and oxygen atoms in total. The van der Waals surface area contributed by atoms with E-state index in [0.717, 1.165) is 110 Å². The molecule has 2 aromatic heterocycles. The SMILES string of the molecule is O=C(C1=C(N2CCc3ccccc3C2)C(c2ccccc2)N(C2CCCCCC2)c2ccncc21)C1=C(N2CCc3ccccc3C2)C(c2ccccc2)N(C2CCCCCC2)c2ccncc21. The number of hydrogen-bond donors (Lipinski definition) is 0. The molecule has 12 rings (SSSR count). The van der Waals surface area contributed by atoms with E-state index in [2.05, 4.69) is 141 Å². The summed E-state index contributed by atoms with van der Waals surface area (Å²) in [5.74, 6) is 0.0825. The average Bonchev–Trinajstić information content (AvgIpc) is 3.86. The predicted octanol–water partition coefficient (Wildman–Crippen LogP) is 12.9. The molecule has 2 unspecified atom stereocenters. The minimum absolute atomic E-state index is 0.0825. The standard InChI is InChI=1S/C61H64N6O/c68-61(55-51-39-62-35-31-53(51)66(49-27-11-1-2-12-28-49)57(45-21-7-5-8-22-45)59(55)64-37-33-43-19-15-17-25-47(43)41-64)56-52-40-63-36-32-54(52)67(50-29-13-3-4-14-30-50)58(46-23-9-6-10-24-46)60(56)65-38-34-44-20-16-18-26-48(44)42-65/h5-10,15-26,31-32,35-36,39-40,49-50,57-58H,1-4,11-14,27-30,33-34,37-38,41-42H2. The van der Waals surface area contributed by atoms with E-state index in [4.69, 9.17) is 9.97 Å².